The number of hydrogen-bond acceptors (Lipinski definition) is 2. The highest BCUT2D eigenvalue weighted by atomic mass is 16.5. The SMILES string of the molecule is CCOC(=O)c1cn(CC2CCCCC2)c2ccccc12. The first kappa shape index (κ1) is 14.2. The highest BCUT2D eigenvalue weighted by Gasteiger charge is 2.19. The summed E-state index contributed by atoms with van der Waals surface area (Å²) in [5.41, 5.74) is 1.84. The molecule has 0 atom stereocenters. The van der Waals surface area contributed by atoms with Gasteiger partial charge in [0.05, 0.1) is 12.2 Å². The maximum atomic E-state index is 12.1. The zero-order chi connectivity index (χ0) is 14.7. The maximum absolute atomic E-state index is 12.1. The van der Waals surface area contributed by atoms with E-state index in [1.54, 1.807) is 0 Å². The lowest BCUT2D eigenvalue weighted by molar-refractivity contribution is 0.0528. The van der Waals surface area contributed by atoms with Crippen LogP contribution in [0.25, 0.3) is 10.9 Å². The number of nitrogens with zero attached hydrogens (tertiary/aromatic N) is 1. The average Bonchev–Trinajstić information content (AvgIpc) is 2.88. The summed E-state index contributed by atoms with van der Waals surface area (Å²) in [7, 11) is 0. The van der Waals surface area contributed by atoms with Gasteiger partial charge in [-0.05, 0) is 31.7 Å². The van der Waals surface area contributed by atoms with Crippen LogP contribution >= 0.6 is 0 Å². The van der Waals surface area contributed by atoms with Gasteiger partial charge in [-0.3, -0.25) is 0 Å². The van der Waals surface area contributed by atoms with Crippen LogP contribution in [0.4, 0.5) is 0 Å². The largest absolute Gasteiger partial charge is 0.462 e. The van der Waals surface area contributed by atoms with Gasteiger partial charge < -0.3 is 9.30 Å². The molecular weight excluding hydrogens is 262 g/mol. The van der Waals surface area contributed by atoms with Crippen LogP contribution in [0.2, 0.25) is 0 Å². The van der Waals surface area contributed by atoms with Crippen LogP contribution in [0, 0.1) is 5.92 Å². The Morgan fingerprint density at radius 3 is 2.76 bits per heavy atom. The summed E-state index contributed by atoms with van der Waals surface area (Å²) in [5, 5.41) is 1.01. The third-order valence-corrected chi connectivity index (χ3v) is 4.46. The Morgan fingerprint density at radius 1 is 1.24 bits per heavy atom. The number of carbonyl (C=O) groups excluding carboxylic acids is 1. The Hall–Kier alpha value is -1.77. The third kappa shape index (κ3) is 2.97. The molecule has 3 nitrogen and oxygen atoms in total. The fourth-order valence-corrected chi connectivity index (χ4v) is 3.42. The van der Waals surface area contributed by atoms with Gasteiger partial charge in [-0.25, -0.2) is 4.79 Å². The molecule has 1 aromatic carbocycles. The van der Waals surface area contributed by atoms with E-state index in [1.165, 1.54) is 32.1 Å². The standard InChI is InChI=1S/C18H23NO2/c1-2-21-18(20)16-13-19(12-14-8-4-3-5-9-14)17-11-7-6-10-15(16)17/h6-7,10-11,13-14H,2-5,8-9,12H2,1H3. The molecule has 1 fully saturated rings. The van der Waals surface area contributed by atoms with E-state index in [-0.39, 0.29) is 5.97 Å². The van der Waals surface area contributed by atoms with Crippen LogP contribution in [0.5, 0.6) is 0 Å². The molecule has 1 saturated carbocycles. The highest BCUT2D eigenvalue weighted by molar-refractivity contribution is 6.04. The number of benzene rings is 1. The second-order valence-electron chi connectivity index (χ2n) is 5.94. The summed E-state index contributed by atoms with van der Waals surface area (Å²) in [6.45, 7) is 3.28. The molecule has 21 heavy (non-hydrogen) atoms. The molecule has 0 radical (unpaired) electrons. The smallest absolute Gasteiger partial charge is 0.340 e. The van der Waals surface area contributed by atoms with Crippen molar-refractivity contribution < 1.29 is 9.53 Å². The fourth-order valence-electron chi connectivity index (χ4n) is 3.42. The lowest BCUT2D eigenvalue weighted by atomic mass is 9.89. The summed E-state index contributed by atoms with van der Waals surface area (Å²) >= 11 is 0. The number of esters is 1. The predicted octanol–water partition coefficient (Wildman–Crippen LogP) is 4.40. The zero-order valence-electron chi connectivity index (χ0n) is 12.7. The van der Waals surface area contributed by atoms with Crippen LogP contribution in [-0.2, 0) is 11.3 Å². The van der Waals surface area contributed by atoms with E-state index >= 15 is 0 Å². The van der Waals surface area contributed by atoms with E-state index in [0.29, 0.717) is 12.2 Å². The van der Waals surface area contributed by atoms with Crippen molar-refractivity contribution in [3.63, 3.8) is 0 Å². The van der Waals surface area contributed by atoms with Gasteiger partial charge in [0.25, 0.3) is 0 Å². The Labute approximate surface area is 125 Å². The first-order valence-electron chi connectivity index (χ1n) is 8.04. The first-order chi connectivity index (χ1) is 10.3. The lowest BCUT2D eigenvalue weighted by Crippen LogP contribution is -2.13. The summed E-state index contributed by atoms with van der Waals surface area (Å²) in [6.07, 6.45) is 8.65. The summed E-state index contributed by atoms with van der Waals surface area (Å²) in [4.78, 5) is 12.1. The second-order valence-corrected chi connectivity index (χ2v) is 5.94. The van der Waals surface area contributed by atoms with Crippen molar-refractivity contribution in [2.24, 2.45) is 5.92 Å². The van der Waals surface area contributed by atoms with Crippen molar-refractivity contribution >= 4 is 16.9 Å². The van der Waals surface area contributed by atoms with E-state index in [0.717, 1.165) is 23.4 Å². The molecule has 1 aliphatic carbocycles. The summed E-state index contributed by atoms with van der Waals surface area (Å²) in [5.74, 6) is 0.528. The van der Waals surface area contributed by atoms with Crippen LogP contribution < -0.4 is 0 Å². The van der Waals surface area contributed by atoms with Crippen molar-refractivity contribution in [2.45, 2.75) is 45.6 Å². The number of carbonyl (C=O) groups is 1. The predicted molar refractivity (Wildman–Crippen MR) is 84.5 cm³/mol. The van der Waals surface area contributed by atoms with Crippen molar-refractivity contribution in [3.05, 3.63) is 36.0 Å². The van der Waals surface area contributed by atoms with Gasteiger partial charge in [0.1, 0.15) is 0 Å². The van der Waals surface area contributed by atoms with Crippen molar-refractivity contribution in [1.29, 1.82) is 0 Å². The molecule has 1 aromatic heterocycles. The number of rotatable bonds is 4. The monoisotopic (exact) mass is 285 g/mol. The molecule has 2 aromatic rings. The Kier molecular flexibility index (Phi) is 4.28. The molecule has 0 N–H and O–H groups in total. The minimum atomic E-state index is -0.212. The second kappa shape index (κ2) is 6.33. The molecular formula is C18H23NO2. The van der Waals surface area contributed by atoms with Gasteiger partial charge in [0.15, 0.2) is 0 Å². The summed E-state index contributed by atoms with van der Waals surface area (Å²) in [6, 6.07) is 8.13. The van der Waals surface area contributed by atoms with Crippen LogP contribution in [0.15, 0.2) is 30.5 Å². The number of para-hydroxylation sites is 1. The molecule has 1 heterocycles. The molecule has 1 aliphatic rings. The normalized spacial score (nSPS) is 16.2. The van der Waals surface area contributed by atoms with Crippen molar-refractivity contribution in [1.82, 2.24) is 4.57 Å². The van der Waals surface area contributed by atoms with Crippen LogP contribution in [-0.4, -0.2) is 17.1 Å². The minimum Gasteiger partial charge on any atom is -0.462 e. The van der Waals surface area contributed by atoms with E-state index < -0.39 is 0 Å². The fraction of sp³-hybridized carbons (Fsp3) is 0.500. The summed E-state index contributed by atoms with van der Waals surface area (Å²) < 4.78 is 7.43. The molecule has 0 bridgehead atoms. The lowest BCUT2D eigenvalue weighted by Gasteiger charge is -2.22. The van der Waals surface area contributed by atoms with E-state index in [9.17, 15) is 4.79 Å². The van der Waals surface area contributed by atoms with Crippen molar-refractivity contribution in [3.8, 4) is 0 Å². The number of aromatic nitrogens is 1. The minimum absolute atomic E-state index is 0.212. The molecule has 3 heteroatoms. The Bertz CT molecular complexity index is 623. The molecule has 3 rings (SSSR count). The molecule has 0 aliphatic heterocycles. The molecule has 112 valence electrons. The highest BCUT2D eigenvalue weighted by Crippen LogP contribution is 2.28. The number of ether oxygens (including phenoxy) is 1. The molecule has 0 unspecified atom stereocenters. The van der Waals surface area contributed by atoms with Gasteiger partial charge in [-0.15, -0.1) is 0 Å². The van der Waals surface area contributed by atoms with E-state index in [2.05, 4.69) is 10.6 Å². The van der Waals surface area contributed by atoms with Gasteiger partial charge in [-0.2, -0.15) is 0 Å². The Morgan fingerprint density at radius 2 is 2.00 bits per heavy atom. The van der Waals surface area contributed by atoms with Crippen molar-refractivity contribution in [2.75, 3.05) is 6.61 Å². The topological polar surface area (TPSA) is 31.2 Å². The Balaban J connectivity index is 1.92. The van der Waals surface area contributed by atoms with E-state index in [4.69, 9.17) is 4.74 Å². The van der Waals surface area contributed by atoms with Gasteiger partial charge in [0.2, 0.25) is 0 Å². The van der Waals surface area contributed by atoms with Gasteiger partial charge in [0, 0.05) is 23.6 Å². The zero-order valence-corrected chi connectivity index (χ0v) is 12.7. The van der Waals surface area contributed by atoms with Gasteiger partial charge >= 0.3 is 5.97 Å². The van der Waals surface area contributed by atoms with Gasteiger partial charge in [-0.1, -0.05) is 37.5 Å². The number of fused-ring (bicyclic) bond motifs is 1. The first-order valence-corrected chi connectivity index (χ1v) is 8.04. The maximum Gasteiger partial charge on any atom is 0.340 e. The molecule has 0 spiro atoms. The van der Waals surface area contributed by atoms with Crippen LogP contribution in [0.1, 0.15) is 49.4 Å². The molecule has 0 amide bonds. The average molecular weight is 285 g/mol. The third-order valence-electron chi connectivity index (χ3n) is 4.46. The van der Waals surface area contributed by atoms with E-state index in [1.807, 2.05) is 31.3 Å². The molecule has 0 saturated heterocycles. The quantitative estimate of drug-likeness (QED) is 0.780. The number of hydrogen-bond donors (Lipinski definition) is 0. The van der Waals surface area contributed by atoms with Crippen LogP contribution in [0.3, 0.4) is 0 Å².